The van der Waals surface area contributed by atoms with Crippen molar-refractivity contribution in [1.29, 1.82) is 0 Å². The van der Waals surface area contributed by atoms with E-state index in [0.717, 1.165) is 121 Å². The minimum Gasteiger partial charge on any atom is -0.264 e. The van der Waals surface area contributed by atoms with Crippen molar-refractivity contribution in [2.24, 2.45) is 0 Å². The minimum absolute atomic E-state index is 0.910. The molecule has 0 aliphatic heterocycles. The Morgan fingerprint density at radius 2 is 0.879 bits per heavy atom. The lowest BCUT2D eigenvalue weighted by atomic mass is 9.88. The van der Waals surface area contributed by atoms with E-state index in [2.05, 4.69) is 163 Å². The molecule has 5 nitrogen and oxygen atoms in total. The molecule has 0 saturated heterocycles. The number of aromatic nitrogens is 5. The largest absolute Gasteiger partial charge is 0.264 e. The molecule has 7 aromatic carbocycles. The van der Waals surface area contributed by atoms with Gasteiger partial charge in [0.05, 0.1) is 39.1 Å². The first-order valence-corrected chi connectivity index (χ1v) is 19.5. The highest BCUT2D eigenvalue weighted by Gasteiger charge is 2.19. The summed E-state index contributed by atoms with van der Waals surface area (Å²) in [7, 11) is 0. The number of nitrogens with zero attached hydrogens (tertiary/aromatic N) is 5. The molecule has 12 aromatic rings. The molecule has 0 fully saturated rings. The molecule has 0 saturated carbocycles. The van der Waals surface area contributed by atoms with Gasteiger partial charge in [0.25, 0.3) is 0 Å². The Morgan fingerprint density at radius 3 is 1.55 bits per heavy atom. The van der Waals surface area contributed by atoms with E-state index in [9.17, 15) is 0 Å². The number of rotatable bonds is 4. The van der Waals surface area contributed by atoms with Gasteiger partial charge >= 0.3 is 0 Å². The Hall–Kier alpha value is -7.89. The molecule has 0 atom stereocenters. The Labute approximate surface area is 333 Å². The smallest absolute Gasteiger partial charge is 0.0972 e. The summed E-state index contributed by atoms with van der Waals surface area (Å²) >= 11 is 0. The maximum atomic E-state index is 5.33. The number of hydrogen-bond donors (Lipinski definition) is 0. The van der Waals surface area contributed by atoms with Gasteiger partial charge < -0.3 is 0 Å². The van der Waals surface area contributed by atoms with E-state index in [1.165, 1.54) is 0 Å². The third kappa shape index (κ3) is 5.14. The Bertz CT molecular complexity index is 3590. The number of fused-ring (bicyclic) bond motifs is 8. The van der Waals surface area contributed by atoms with Gasteiger partial charge in [-0.15, -0.1) is 0 Å². The van der Waals surface area contributed by atoms with Crippen LogP contribution in [0.3, 0.4) is 0 Å². The lowest BCUT2D eigenvalue weighted by Gasteiger charge is -2.17. The van der Waals surface area contributed by atoms with Crippen LogP contribution in [-0.2, 0) is 0 Å². The zero-order valence-electron chi connectivity index (χ0n) is 31.1. The minimum atomic E-state index is 0.910. The summed E-state index contributed by atoms with van der Waals surface area (Å²) in [5.74, 6) is 0. The monoisotopic (exact) mass is 737 g/mol. The van der Waals surface area contributed by atoms with E-state index in [0.29, 0.717) is 0 Å². The van der Waals surface area contributed by atoms with Crippen molar-refractivity contribution < 1.29 is 0 Å². The second-order valence-electron chi connectivity index (χ2n) is 14.9. The molecule has 268 valence electrons. The number of pyridine rings is 5. The SMILES string of the molecule is c1cc(-c2ccc3cc(-c4ccc5nc(-c6c7ccccc7c(-c7ccc8ccc9cccnc9c8n7)c7ccccc67)ccc5c4)ccc3n2)c2cnccc2c1. The van der Waals surface area contributed by atoms with Gasteiger partial charge in [-0.25, -0.2) is 15.0 Å². The number of hydrogen-bond acceptors (Lipinski definition) is 5. The van der Waals surface area contributed by atoms with Crippen LogP contribution in [0.25, 0.3) is 121 Å². The zero-order valence-corrected chi connectivity index (χ0v) is 31.1. The van der Waals surface area contributed by atoms with E-state index in [4.69, 9.17) is 19.9 Å². The van der Waals surface area contributed by atoms with Crippen LogP contribution in [0.5, 0.6) is 0 Å². The third-order valence-corrected chi connectivity index (χ3v) is 11.5. The molecule has 0 unspecified atom stereocenters. The lowest BCUT2D eigenvalue weighted by molar-refractivity contribution is 1.35. The molecule has 12 rings (SSSR count). The quantitative estimate of drug-likeness (QED) is 0.133. The van der Waals surface area contributed by atoms with Crippen molar-refractivity contribution in [3.05, 3.63) is 188 Å². The molecule has 5 heteroatoms. The summed E-state index contributed by atoms with van der Waals surface area (Å²) in [6.45, 7) is 0. The molecular formula is C53H31N5. The molecule has 0 N–H and O–H groups in total. The highest BCUT2D eigenvalue weighted by Crippen LogP contribution is 2.43. The summed E-state index contributed by atoms with van der Waals surface area (Å²) in [6, 6.07) is 60.0. The van der Waals surface area contributed by atoms with Gasteiger partial charge in [0.2, 0.25) is 0 Å². The highest BCUT2D eigenvalue weighted by atomic mass is 14.8. The summed E-state index contributed by atoms with van der Waals surface area (Å²) < 4.78 is 0. The van der Waals surface area contributed by atoms with Crippen molar-refractivity contribution in [3.8, 4) is 44.9 Å². The van der Waals surface area contributed by atoms with Crippen LogP contribution < -0.4 is 0 Å². The summed E-state index contributed by atoms with van der Waals surface area (Å²) in [4.78, 5) is 24.8. The van der Waals surface area contributed by atoms with Crippen LogP contribution in [0.15, 0.2) is 188 Å². The summed E-state index contributed by atoms with van der Waals surface area (Å²) in [5.41, 5.74) is 12.1. The Balaban J connectivity index is 0.947. The Kier molecular flexibility index (Phi) is 7.16. The predicted molar refractivity (Wildman–Crippen MR) is 240 cm³/mol. The summed E-state index contributed by atoms with van der Waals surface area (Å²) in [5, 5.41) is 11.2. The van der Waals surface area contributed by atoms with Crippen LogP contribution >= 0.6 is 0 Å². The van der Waals surface area contributed by atoms with Crippen LogP contribution in [-0.4, -0.2) is 24.9 Å². The first-order valence-electron chi connectivity index (χ1n) is 19.5. The fourth-order valence-corrected chi connectivity index (χ4v) is 8.78. The predicted octanol–water partition coefficient (Wildman–Crippen LogP) is 13.4. The molecular weight excluding hydrogens is 707 g/mol. The fourth-order valence-electron chi connectivity index (χ4n) is 8.78. The molecule has 0 spiro atoms. The van der Waals surface area contributed by atoms with Gasteiger partial charge in [-0.3, -0.25) is 9.97 Å². The van der Waals surface area contributed by atoms with Gasteiger partial charge in [-0.05, 0) is 92.7 Å². The van der Waals surface area contributed by atoms with Gasteiger partial charge in [0, 0.05) is 62.2 Å². The van der Waals surface area contributed by atoms with E-state index >= 15 is 0 Å². The molecule has 0 radical (unpaired) electrons. The molecule has 58 heavy (non-hydrogen) atoms. The maximum Gasteiger partial charge on any atom is 0.0972 e. The standard InChI is InChI=1S/C53H31N5/c1-3-11-42-40(9-1)50(41-10-2-4-12-43(41)51(42)49-24-16-34-15-14-33-8-6-27-55-52(33)53(34)58-49)48-25-20-38-30-36(18-22-46(38)57-48)35-17-21-45-37(29-35)19-23-47(56-45)39-13-5-7-32-26-28-54-31-44(32)39/h1-31H. The normalized spacial score (nSPS) is 11.8. The van der Waals surface area contributed by atoms with E-state index in [1.807, 2.05) is 30.7 Å². The van der Waals surface area contributed by atoms with E-state index < -0.39 is 0 Å². The second kappa shape index (κ2) is 12.8. The lowest BCUT2D eigenvalue weighted by Crippen LogP contribution is -1.95. The van der Waals surface area contributed by atoms with E-state index in [1.54, 1.807) is 0 Å². The average molecular weight is 738 g/mol. The third-order valence-electron chi connectivity index (χ3n) is 11.5. The van der Waals surface area contributed by atoms with Gasteiger partial charge in [0.15, 0.2) is 0 Å². The molecule has 0 bridgehead atoms. The molecule has 5 heterocycles. The Morgan fingerprint density at radius 1 is 0.328 bits per heavy atom. The second-order valence-corrected chi connectivity index (χ2v) is 14.9. The molecule has 5 aromatic heterocycles. The molecule has 0 aliphatic rings. The average Bonchev–Trinajstić information content (AvgIpc) is 3.29. The zero-order chi connectivity index (χ0) is 38.2. The summed E-state index contributed by atoms with van der Waals surface area (Å²) in [6.07, 6.45) is 5.59. The van der Waals surface area contributed by atoms with Crippen LogP contribution in [0.1, 0.15) is 0 Å². The first-order chi connectivity index (χ1) is 28.7. The van der Waals surface area contributed by atoms with Crippen molar-refractivity contribution in [1.82, 2.24) is 24.9 Å². The highest BCUT2D eigenvalue weighted by molar-refractivity contribution is 6.21. The molecule has 0 amide bonds. The van der Waals surface area contributed by atoms with Crippen molar-refractivity contribution >= 4 is 75.9 Å². The van der Waals surface area contributed by atoms with Crippen LogP contribution in [0.4, 0.5) is 0 Å². The molecule has 0 aliphatic carbocycles. The first kappa shape index (κ1) is 32.4. The maximum absolute atomic E-state index is 5.33. The van der Waals surface area contributed by atoms with Crippen molar-refractivity contribution in [2.45, 2.75) is 0 Å². The van der Waals surface area contributed by atoms with Crippen molar-refractivity contribution in [3.63, 3.8) is 0 Å². The van der Waals surface area contributed by atoms with Crippen LogP contribution in [0, 0.1) is 0 Å². The van der Waals surface area contributed by atoms with Crippen LogP contribution in [0.2, 0.25) is 0 Å². The van der Waals surface area contributed by atoms with Gasteiger partial charge in [-0.1, -0.05) is 115 Å². The van der Waals surface area contributed by atoms with Gasteiger partial charge in [0.1, 0.15) is 0 Å². The number of benzene rings is 7. The fraction of sp³-hybridized carbons (Fsp3) is 0. The van der Waals surface area contributed by atoms with Crippen molar-refractivity contribution in [2.75, 3.05) is 0 Å². The van der Waals surface area contributed by atoms with Gasteiger partial charge in [-0.2, -0.15) is 0 Å². The van der Waals surface area contributed by atoms with E-state index in [-0.39, 0.29) is 0 Å². The topological polar surface area (TPSA) is 64.5 Å².